The highest BCUT2D eigenvalue weighted by Gasteiger charge is 2.16. The molecule has 34 heavy (non-hydrogen) atoms. The maximum absolute atomic E-state index is 14.0. The molecule has 8 heteroatoms. The summed E-state index contributed by atoms with van der Waals surface area (Å²) in [5.74, 6) is -1.67. The molecule has 0 atom stereocenters. The van der Waals surface area contributed by atoms with Crippen LogP contribution in [0, 0.1) is 11.6 Å². The van der Waals surface area contributed by atoms with Crippen molar-refractivity contribution in [3.8, 4) is 17.2 Å². The van der Waals surface area contributed by atoms with Crippen molar-refractivity contribution in [3.05, 3.63) is 112 Å². The van der Waals surface area contributed by atoms with Gasteiger partial charge in [0.25, 0.3) is 0 Å². The number of rotatable bonds is 7. The van der Waals surface area contributed by atoms with Gasteiger partial charge in [0, 0.05) is 40.7 Å². The van der Waals surface area contributed by atoms with E-state index in [9.17, 15) is 18.7 Å². The van der Waals surface area contributed by atoms with Gasteiger partial charge in [0.2, 0.25) is 0 Å². The van der Waals surface area contributed by atoms with Gasteiger partial charge in [-0.25, -0.2) is 13.6 Å². The number of phenols is 1. The summed E-state index contributed by atoms with van der Waals surface area (Å²) in [4.78, 5) is 12.0. The first-order valence-electron chi connectivity index (χ1n) is 10.3. The first kappa shape index (κ1) is 23.3. The lowest BCUT2D eigenvalue weighted by Gasteiger charge is -2.16. The number of methoxy groups -OCH3 is 1. The van der Waals surface area contributed by atoms with Crippen molar-refractivity contribution in [1.29, 1.82) is 0 Å². The van der Waals surface area contributed by atoms with E-state index in [4.69, 9.17) is 21.1 Å². The highest BCUT2D eigenvalue weighted by molar-refractivity contribution is 6.31. The first-order chi connectivity index (χ1) is 16.4. The van der Waals surface area contributed by atoms with Crippen molar-refractivity contribution in [2.75, 3.05) is 7.11 Å². The van der Waals surface area contributed by atoms with Gasteiger partial charge < -0.3 is 19.1 Å². The van der Waals surface area contributed by atoms with Crippen LogP contribution in [0.15, 0.2) is 72.9 Å². The monoisotopic (exact) mass is 483 g/mol. The van der Waals surface area contributed by atoms with Crippen LogP contribution in [0.2, 0.25) is 5.02 Å². The van der Waals surface area contributed by atoms with Gasteiger partial charge in [-0.3, -0.25) is 0 Å². The zero-order valence-electron chi connectivity index (χ0n) is 18.1. The molecule has 174 valence electrons. The summed E-state index contributed by atoms with van der Waals surface area (Å²) in [6, 6.07) is 16.8. The molecular formula is C26H20ClF2NO4. The summed E-state index contributed by atoms with van der Waals surface area (Å²) in [5, 5.41) is 10.5. The number of esters is 1. The Morgan fingerprint density at radius 3 is 2.47 bits per heavy atom. The van der Waals surface area contributed by atoms with Gasteiger partial charge >= 0.3 is 5.97 Å². The number of carbonyl (C=O) groups is 1. The molecule has 0 spiro atoms. The largest absolute Gasteiger partial charge is 0.508 e. The molecule has 0 unspecified atom stereocenters. The summed E-state index contributed by atoms with van der Waals surface area (Å²) in [7, 11) is 1.26. The molecule has 0 radical (unpaired) electrons. The maximum Gasteiger partial charge on any atom is 0.338 e. The molecule has 5 nitrogen and oxygen atoms in total. The van der Waals surface area contributed by atoms with Gasteiger partial charge in [0.1, 0.15) is 29.7 Å². The van der Waals surface area contributed by atoms with Crippen LogP contribution in [0.3, 0.4) is 0 Å². The Kier molecular flexibility index (Phi) is 6.84. The van der Waals surface area contributed by atoms with E-state index in [-0.39, 0.29) is 23.5 Å². The third-order valence-electron chi connectivity index (χ3n) is 5.30. The number of ether oxygens (including phenoxy) is 2. The molecule has 0 fully saturated rings. The third-order valence-corrected chi connectivity index (χ3v) is 5.66. The Labute approximate surface area is 199 Å². The molecule has 1 heterocycles. The smallest absolute Gasteiger partial charge is 0.338 e. The van der Waals surface area contributed by atoms with Crippen LogP contribution in [-0.4, -0.2) is 22.8 Å². The Bertz CT molecular complexity index is 1330. The highest BCUT2D eigenvalue weighted by atomic mass is 35.5. The van der Waals surface area contributed by atoms with E-state index in [0.29, 0.717) is 28.4 Å². The van der Waals surface area contributed by atoms with Gasteiger partial charge in [-0.2, -0.15) is 0 Å². The number of aromatic nitrogens is 1. The quantitative estimate of drug-likeness (QED) is 0.324. The topological polar surface area (TPSA) is 60.7 Å². The zero-order valence-corrected chi connectivity index (χ0v) is 18.9. The average Bonchev–Trinajstić information content (AvgIpc) is 3.28. The van der Waals surface area contributed by atoms with E-state index in [1.165, 1.54) is 37.4 Å². The molecule has 0 saturated heterocycles. The normalized spacial score (nSPS) is 10.8. The molecule has 0 aliphatic rings. The van der Waals surface area contributed by atoms with Crippen molar-refractivity contribution in [3.63, 3.8) is 0 Å². The van der Waals surface area contributed by atoms with E-state index in [1.807, 2.05) is 12.1 Å². The van der Waals surface area contributed by atoms with Crippen LogP contribution >= 0.6 is 11.6 Å². The summed E-state index contributed by atoms with van der Waals surface area (Å²) in [6.45, 7) is -0.304. The molecule has 4 aromatic rings. The van der Waals surface area contributed by atoms with E-state index >= 15 is 0 Å². The molecular weight excluding hydrogens is 464 g/mol. The van der Waals surface area contributed by atoms with Crippen LogP contribution in [-0.2, 0) is 17.8 Å². The SMILES string of the molecule is COC(=O)c1cc(O)cc(-n2cccc2Cc2c(Cl)cccc2OCc2c(F)cccc2F)c1. The van der Waals surface area contributed by atoms with Gasteiger partial charge in [0.15, 0.2) is 0 Å². The van der Waals surface area contributed by atoms with E-state index in [0.717, 1.165) is 5.69 Å². The second kappa shape index (κ2) is 9.97. The molecule has 0 aliphatic carbocycles. The van der Waals surface area contributed by atoms with Crippen LogP contribution in [0.5, 0.6) is 11.5 Å². The van der Waals surface area contributed by atoms with Gasteiger partial charge in [-0.15, -0.1) is 0 Å². The number of nitrogens with zero attached hydrogens (tertiary/aromatic N) is 1. The Morgan fingerprint density at radius 1 is 1.00 bits per heavy atom. The molecule has 0 bridgehead atoms. The lowest BCUT2D eigenvalue weighted by molar-refractivity contribution is 0.0600. The summed E-state index contributed by atoms with van der Waals surface area (Å²) < 4.78 is 40.4. The average molecular weight is 484 g/mol. The molecule has 0 aliphatic heterocycles. The summed E-state index contributed by atoms with van der Waals surface area (Å²) in [6.07, 6.45) is 2.09. The standard InChI is InChI=1S/C26H20ClF2NO4/c1-33-26(32)16-11-18(13-19(31)12-16)30-10-4-5-17(30)14-20-22(27)6-2-9-25(20)34-15-21-23(28)7-3-8-24(21)29/h2-13,31H,14-15H2,1H3. The van der Waals surface area contributed by atoms with Crippen LogP contribution in [0.25, 0.3) is 5.69 Å². The molecule has 4 rings (SSSR count). The lowest BCUT2D eigenvalue weighted by Crippen LogP contribution is -2.07. The second-order valence-corrected chi connectivity index (χ2v) is 7.89. The number of aromatic hydroxyl groups is 1. The summed E-state index contributed by atoms with van der Waals surface area (Å²) in [5.41, 5.74) is 1.96. The number of carbonyl (C=O) groups excluding carboxylic acids is 1. The second-order valence-electron chi connectivity index (χ2n) is 7.48. The van der Waals surface area contributed by atoms with Crippen LogP contribution < -0.4 is 4.74 Å². The van der Waals surface area contributed by atoms with E-state index in [2.05, 4.69) is 0 Å². The number of phenolic OH excluding ortho intramolecular Hbond substituents is 1. The molecule has 1 aromatic heterocycles. The van der Waals surface area contributed by atoms with E-state index in [1.54, 1.807) is 35.0 Å². The predicted octanol–water partition coefficient (Wildman–Crippen LogP) is 6.07. The summed E-state index contributed by atoms with van der Waals surface area (Å²) >= 11 is 6.46. The van der Waals surface area contributed by atoms with Crippen molar-refractivity contribution in [1.82, 2.24) is 4.57 Å². The van der Waals surface area contributed by atoms with Gasteiger partial charge in [-0.1, -0.05) is 23.7 Å². The number of hydrogen-bond donors (Lipinski definition) is 1. The number of hydrogen-bond acceptors (Lipinski definition) is 4. The minimum absolute atomic E-state index is 0.0915. The minimum atomic E-state index is -0.692. The number of benzene rings is 3. The van der Waals surface area contributed by atoms with Crippen molar-refractivity contribution in [2.24, 2.45) is 0 Å². The first-order valence-corrected chi connectivity index (χ1v) is 10.7. The molecule has 1 N–H and O–H groups in total. The lowest BCUT2D eigenvalue weighted by atomic mass is 10.1. The van der Waals surface area contributed by atoms with Crippen molar-refractivity contribution >= 4 is 17.6 Å². The predicted molar refractivity (Wildman–Crippen MR) is 124 cm³/mol. The Balaban J connectivity index is 1.65. The minimum Gasteiger partial charge on any atom is -0.508 e. The maximum atomic E-state index is 14.0. The fourth-order valence-electron chi connectivity index (χ4n) is 3.63. The fraction of sp³-hybridized carbons (Fsp3) is 0.115. The van der Waals surface area contributed by atoms with Crippen LogP contribution in [0.4, 0.5) is 8.78 Å². The van der Waals surface area contributed by atoms with Gasteiger partial charge in [0.05, 0.1) is 18.2 Å². The van der Waals surface area contributed by atoms with E-state index < -0.39 is 17.6 Å². The van der Waals surface area contributed by atoms with Gasteiger partial charge in [-0.05, 0) is 48.5 Å². The van der Waals surface area contributed by atoms with Crippen molar-refractivity contribution in [2.45, 2.75) is 13.0 Å². The highest BCUT2D eigenvalue weighted by Crippen LogP contribution is 2.31. The Morgan fingerprint density at radius 2 is 1.74 bits per heavy atom. The Hall–Kier alpha value is -3.84. The molecule has 0 amide bonds. The third kappa shape index (κ3) is 4.89. The fourth-order valence-corrected chi connectivity index (χ4v) is 3.86. The zero-order chi connectivity index (χ0) is 24.2. The molecule has 0 saturated carbocycles. The number of halogens is 3. The molecule has 3 aromatic carbocycles. The van der Waals surface area contributed by atoms with Crippen LogP contribution in [0.1, 0.15) is 27.2 Å². The van der Waals surface area contributed by atoms with Crippen molar-refractivity contribution < 1.29 is 28.2 Å².